The number of likely N-dealkylation sites (N-methyl/N-ethyl adjacent to an activating group) is 1. The summed E-state index contributed by atoms with van der Waals surface area (Å²) in [7, 11) is 5.58. The maximum atomic E-state index is 12.3. The quantitative estimate of drug-likeness (QED) is 0.789. The summed E-state index contributed by atoms with van der Waals surface area (Å²) in [6.07, 6.45) is 0.150. The zero-order valence-electron chi connectivity index (χ0n) is 14.6. The first kappa shape index (κ1) is 19.6. The van der Waals surface area contributed by atoms with Gasteiger partial charge < -0.3 is 15.0 Å². The van der Waals surface area contributed by atoms with Crippen molar-refractivity contribution in [2.45, 2.75) is 12.5 Å². The van der Waals surface area contributed by atoms with Crippen molar-refractivity contribution < 1.29 is 9.53 Å². The van der Waals surface area contributed by atoms with Crippen LogP contribution in [0, 0.1) is 0 Å². The van der Waals surface area contributed by atoms with Crippen LogP contribution in [0.4, 0.5) is 0 Å². The number of halogens is 2. The zero-order valence-corrected chi connectivity index (χ0v) is 16.1. The third kappa shape index (κ3) is 5.36. The molecule has 0 radical (unpaired) electrons. The van der Waals surface area contributed by atoms with Crippen molar-refractivity contribution in [2.75, 3.05) is 27.7 Å². The Labute approximate surface area is 158 Å². The van der Waals surface area contributed by atoms with Crippen molar-refractivity contribution >= 4 is 29.1 Å². The Kier molecular flexibility index (Phi) is 7.12. The van der Waals surface area contributed by atoms with Gasteiger partial charge >= 0.3 is 0 Å². The zero-order chi connectivity index (χ0) is 18.4. The molecule has 0 saturated heterocycles. The van der Waals surface area contributed by atoms with Crippen molar-refractivity contribution in [2.24, 2.45) is 0 Å². The van der Waals surface area contributed by atoms with E-state index in [1.807, 2.05) is 38.4 Å². The fraction of sp³-hybridized carbons (Fsp3) is 0.316. The summed E-state index contributed by atoms with van der Waals surface area (Å²) in [6, 6.07) is 13.1. The van der Waals surface area contributed by atoms with Gasteiger partial charge in [0.05, 0.1) is 19.6 Å². The summed E-state index contributed by atoms with van der Waals surface area (Å²) in [5, 5.41) is 3.96. The van der Waals surface area contributed by atoms with Crippen LogP contribution in [0.3, 0.4) is 0 Å². The minimum absolute atomic E-state index is 0.0285. The van der Waals surface area contributed by atoms with Crippen LogP contribution in [0.2, 0.25) is 10.0 Å². The van der Waals surface area contributed by atoms with Crippen molar-refractivity contribution in [3.05, 3.63) is 63.6 Å². The SMILES string of the molecule is COc1cccc([C@@H](CNC(=O)Cc2c(Cl)cccc2Cl)N(C)C)c1. The molecule has 0 unspecified atom stereocenters. The van der Waals surface area contributed by atoms with E-state index in [-0.39, 0.29) is 18.4 Å². The van der Waals surface area contributed by atoms with Gasteiger partial charge in [0.25, 0.3) is 0 Å². The fourth-order valence-corrected chi connectivity index (χ4v) is 3.11. The Morgan fingerprint density at radius 2 is 1.80 bits per heavy atom. The molecular formula is C19H22Cl2N2O2. The standard InChI is InChI=1S/C19H22Cl2N2O2/c1-23(2)18(13-6-4-7-14(10-13)25-3)12-22-19(24)11-15-16(20)8-5-9-17(15)21/h4-10,18H,11-12H2,1-3H3,(H,22,24)/t18-/m1/s1. The predicted octanol–water partition coefficient (Wildman–Crippen LogP) is 3.96. The van der Waals surface area contributed by atoms with E-state index >= 15 is 0 Å². The van der Waals surface area contributed by atoms with Crippen LogP contribution in [0.15, 0.2) is 42.5 Å². The Morgan fingerprint density at radius 1 is 1.16 bits per heavy atom. The molecule has 134 valence electrons. The molecule has 0 spiro atoms. The Bertz CT molecular complexity index is 715. The number of nitrogens with zero attached hydrogens (tertiary/aromatic N) is 1. The van der Waals surface area contributed by atoms with Gasteiger partial charge in [0.15, 0.2) is 0 Å². The summed E-state index contributed by atoms with van der Waals surface area (Å²) in [4.78, 5) is 14.4. The number of nitrogens with one attached hydrogen (secondary N) is 1. The van der Waals surface area contributed by atoms with E-state index in [2.05, 4.69) is 10.2 Å². The predicted molar refractivity (Wildman–Crippen MR) is 103 cm³/mol. The maximum Gasteiger partial charge on any atom is 0.224 e. The number of carbonyl (C=O) groups is 1. The number of rotatable bonds is 7. The smallest absolute Gasteiger partial charge is 0.224 e. The minimum Gasteiger partial charge on any atom is -0.497 e. The molecule has 0 saturated carbocycles. The van der Waals surface area contributed by atoms with Crippen LogP contribution in [-0.4, -0.2) is 38.6 Å². The van der Waals surface area contributed by atoms with Crippen LogP contribution in [0.25, 0.3) is 0 Å². The van der Waals surface area contributed by atoms with Crippen molar-refractivity contribution in [1.82, 2.24) is 10.2 Å². The Balaban J connectivity index is 2.04. The first-order valence-electron chi connectivity index (χ1n) is 7.92. The highest BCUT2D eigenvalue weighted by Gasteiger charge is 2.17. The number of carbonyl (C=O) groups excluding carboxylic acids is 1. The third-order valence-corrected chi connectivity index (χ3v) is 4.70. The molecule has 1 N–H and O–H groups in total. The second-order valence-corrected chi connectivity index (χ2v) is 6.75. The van der Waals surface area contributed by atoms with Gasteiger partial charge in [-0.2, -0.15) is 0 Å². The summed E-state index contributed by atoms with van der Waals surface area (Å²) < 4.78 is 5.28. The lowest BCUT2D eigenvalue weighted by Gasteiger charge is -2.25. The normalized spacial score (nSPS) is 12.1. The molecule has 2 aromatic carbocycles. The molecule has 0 heterocycles. The van der Waals surface area contributed by atoms with E-state index in [4.69, 9.17) is 27.9 Å². The second kappa shape index (κ2) is 9.09. The number of hydrogen-bond acceptors (Lipinski definition) is 3. The first-order chi connectivity index (χ1) is 11.9. The highest BCUT2D eigenvalue weighted by atomic mass is 35.5. The van der Waals surface area contributed by atoms with Crippen molar-refractivity contribution in [1.29, 1.82) is 0 Å². The molecule has 6 heteroatoms. The van der Waals surface area contributed by atoms with Crippen LogP contribution < -0.4 is 10.1 Å². The van der Waals surface area contributed by atoms with Gasteiger partial charge in [-0.3, -0.25) is 4.79 Å². The average Bonchev–Trinajstić information content (AvgIpc) is 2.58. The van der Waals surface area contributed by atoms with Crippen LogP contribution in [-0.2, 0) is 11.2 Å². The largest absolute Gasteiger partial charge is 0.497 e. The van der Waals surface area contributed by atoms with Crippen LogP contribution >= 0.6 is 23.2 Å². The molecule has 0 aliphatic carbocycles. The van der Waals surface area contributed by atoms with Crippen molar-refractivity contribution in [3.8, 4) is 5.75 Å². The molecule has 2 rings (SSSR count). The van der Waals surface area contributed by atoms with E-state index in [1.165, 1.54) is 0 Å². The molecule has 1 amide bonds. The topological polar surface area (TPSA) is 41.6 Å². The van der Waals surface area contributed by atoms with E-state index in [0.29, 0.717) is 22.2 Å². The molecule has 1 atom stereocenters. The average molecular weight is 381 g/mol. The number of methoxy groups -OCH3 is 1. The van der Waals surface area contributed by atoms with Gasteiger partial charge in [0, 0.05) is 16.6 Å². The number of hydrogen-bond donors (Lipinski definition) is 1. The molecule has 0 aliphatic heterocycles. The maximum absolute atomic E-state index is 12.3. The molecule has 0 fully saturated rings. The lowest BCUT2D eigenvalue weighted by molar-refractivity contribution is -0.120. The van der Waals surface area contributed by atoms with E-state index in [0.717, 1.165) is 11.3 Å². The van der Waals surface area contributed by atoms with E-state index in [1.54, 1.807) is 25.3 Å². The van der Waals surface area contributed by atoms with Gasteiger partial charge in [-0.1, -0.05) is 41.4 Å². The molecule has 0 aliphatic rings. The highest BCUT2D eigenvalue weighted by molar-refractivity contribution is 6.36. The number of amides is 1. The summed E-state index contributed by atoms with van der Waals surface area (Å²) in [6.45, 7) is 0.473. The molecule has 25 heavy (non-hydrogen) atoms. The van der Waals surface area contributed by atoms with Gasteiger partial charge in [0.2, 0.25) is 5.91 Å². The Hall–Kier alpha value is -1.75. The highest BCUT2D eigenvalue weighted by Crippen LogP contribution is 2.25. The monoisotopic (exact) mass is 380 g/mol. The van der Waals surface area contributed by atoms with Crippen LogP contribution in [0.5, 0.6) is 5.75 Å². The molecular weight excluding hydrogens is 359 g/mol. The van der Waals surface area contributed by atoms with Crippen LogP contribution in [0.1, 0.15) is 17.2 Å². The molecule has 0 aromatic heterocycles. The lowest BCUT2D eigenvalue weighted by Crippen LogP contribution is -2.35. The van der Waals surface area contributed by atoms with Crippen molar-refractivity contribution in [3.63, 3.8) is 0 Å². The van der Waals surface area contributed by atoms with E-state index < -0.39 is 0 Å². The van der Waals surface area contributed by atoms with Gasteiger partial charge in [-0.05, 0) is 49.5 Å². The van der Waals surface area contributed by atoms with Gasteiger partial charge in [0.1, 0.15) is 5.75 Å². The molecule has 4 nitrogen and oxygen atoms in total. The van der Waals surface area contributed by atoms with Gasteiger partial charge in [-0.25, -0.2) is 0 Å². The summed E-state index contributed by atoms with van der Waals surface area (Å²) >= 11 is 12.3. The number of benzene rings is 2. The minimum atomic E-state index is -0.121. The summed E-state index contributed by atoms with van der Waals surface area (Å²) in [5.74, 6) is 0.670. The molecule has 0 bridgehead atoms. The third-order valence-electron chi connectivity index (χ3n) is 3.99. The van der Waals surface area contributed by atoms with E-state index in [9.17, 15) is 4.79 Å². The first-order valence-corrected chi connectivity index (χ1v) is 8.68. The fourth-order valence-electron chi connectivity index (χ4n) is 2.58. The second-order valence-electron chi connectivity index (χ2n) is 5.94. The Morgan fingerprint density at radius 3 is 2.40 bits per heavy atom. The summed E-state index contributed by atoms with van der Waals surface area (Å²) in [5.41, 5.74) is 1.71. The molecule has 2 aromatic rings. The number of ether oxygens (including phenoxy) is 1. The van der Waals surface area contributed by atoms with Gasteiger partial charge in [-0.15, -0.1) is 0 Å². The lowest BCUT2D eigenvalue weighted by atomic mass is 10.1.